The molecule has 25 heavy (non-hydrogen) atoms. The van der Waals surface area contributed by atoms with Gasteiger partial charge in [-0.3, -0.25) is 0 Å². The molecule has 0 bridgehead atoms. The van der Waals surface area contributed by atoms with E-state index < -0.39 is 0 Å². The quantitative estimate of drug-likeness (QED) is 0.370. The van der Waals surface area contributed by atoms with Crippen molar-refractivity contribution < 1.29 is 33.5 Å². The summed E-state index contributed by atoms with van der Waals surface area (Å²) in [7, 11) is 0. The van der Waals surface area contributed by atoms with Crippen LogP contribution in [0, 0.1) is 0 Å². The van der Waals surface area contributed by atoms with Crippen molar-refractivity contribution in [2.45, 2.75) is 45.8 Å². The Morgan fingerprint density at radius 2 is 1.28 bits per heavy atom. The van der Waals surface area contributed by atoms with E-state index in [2.05, 4.69) is 6.92 Å². The van der Waals surface area contributed by atoms with Gasteiger partial charge in [0.2, 0.25) is 0 Å². The first kappa shape index (κ1) is 24.7. The molecule has 0 saturated heterocycles. The third-order valence-electron chi connectivity index (χ3n) is 2.91. The second-order valence-electron chi connectivity index (χ2n) is 6.55. The molecule has 0 heterocycles. The number of hydrogen-bond acceptors (Lipinski definition) is 7. The molecule has 0 aliphatic carbocycles. The monoisotopic (exact) mass is 366 g/mol. The van der Waals surface area contributed by atoms with Crippen molar-refractivity contribution >= 4 is 0 Å². The average molecular weight is 366 g/mol. The van der Waals surface area contributed by atoms with Crippen molar-refractivity contribution in [2.24, 2.45) is 0 Å². The molecule has 0 aromatic heterocycles. The highest BCUT2D eigenvalue weighted by atomic mass is 16.6. The summed E-state index contributed by atoms with van der Waals surface area (Å²) in [5.74, 6) is 0. The van der Waals surface area contributed by atoms with Crippen LogP contribution in [-0.4, -0.2) is 89.5 Å². The Labute approximate surface area is 152 Å². The Morgan fingerprint density at radius 3 is 1.88 bits per heavy atom. The Balaban J connectivity index is 3.85. The van der Waals surface area contributed by atoms with Crippen LogP contribution < -0.4 is 0 Å². The lowest BCUT2D eigenvalue weighted by Crippen LogP contribution is -2.29. The second kappa shape index (κ2) is 17.1. The Bertz CT molecular complexity index is 269. The summed E-state index contributed by atoms with van der Waals surface area (Å²) in [4.78, 5) is 0. The average Bonchev–Trinajstić information content (AvgIpc) is 2.55. The first-order valence-electron chi connectivity index (χ1n) is 9.17. The molecule has 0 fully saturated rings. The van der Waals surface area contributed by atoms with Gasteiger partial charge in [-0.25, -0.2) is 0 Å². The van der Waals surface area contributed by atoms with Crippen molar-refractivity contribution in [3.05, 3.63) is 0 Å². The van der Waals surface area contributed by atoms with Gasteiger partial charge >= 0.3 is 0 Å². The molecule has 0 rings (SSSR count). The SMILES string of the molecule is CCCOCCOCC(COCCOC(C)(C)C)OCCOCCO. The Hall–Kier alpha value is -0.280. The minimum absolute atomic E-state index is 0.0151. The fraction of sp³-hybridized carbons (Fsp3) is 1.00. The van der Waals surface area contributed by atoms with E-state index in [1.165, 1.54) is 0 Å². The predicted octanol–water partition coefficient (Wildman–Crippen LogP) is 1.66. The lowest BCUT2D eigenvalue weighted by molar-refractivity contribution is -0.0917. The highest BCUT2D eigenvalue weighted by molar-refractivity contribution is 4.59. The predicted molar refractivity (Wildman–Crippen MR) is 96.1 cm³/mol. The summed E-state index contributed by atoms with van der Waals surface area (Å²) in [6.07, 6.45) is 0.836. The van der Waals surface area contributed by atoms with Crippen molar-refractivity contribution in [2.75, 3.05) is 72.7 Å². The molecular formula is C18H38O7. The molecule has 7 heteroatoms. The normalized spacial score (nSPS) is 13.3. The van der Waals surface area contributed by atoms with Gasteiger partial charge in [-0.1, -0.05) is 6.92 Å². The molecule has 0 aliphatic rings. The van der Waals surface area contributed by atoms with E-state index in [0.29, 0.717) is 59.5 Å². The third kappa shape index (κ3) is 19.9. The molecule has 0 spiro atoms. The molecule has 152 valence electrons. The van der Waals surface area contributed by atoms with Crippen molar-refractivity contribution in [3.8, 4) is 0 Å². The van der Waals surface area contributed by atoms with E-state index in [-0.39, 0.29) is 18.3 Å². The van der Waals surface area contributed by atoms with Gasteiger partial charge < -0.3 is 33.5 Å². The van der Waals surface area contributed by atoms with Gasteiger partial charge in [0.05, 0.1) is 71.7 Å². The van der Waals surface area contributed by atoms with Crippen LogP contribution in [0.2, 0.25) is 0 Å². The van der Waals surface area contributed by atoms with Gasteiger partial charge in [0.25, 0.3) is 0 Å². The van der Waals surface area contributed by atoms with E-state index in [1.807, 2.05) is 20.8 Å². The van der Waals surface area contributed by atoms with Crippen molar-refractivity contribution in [1.82, 2.24) is 0 Å². The maximum absolute atomic E-state index is 8.67. The van der Waals surface area contributed by atoms with E-state index in [0.717, 1.165) is 13.0 Å². The first-order valence-corrected chi connectivity index (χ1v) is 9.17. The lowest BCUT2D eigenvalue weighted by atomic mass is 10.2. The fourth-order valence-corrected chi connectivity index (χ4v) is 1.79. The van der Waals surface area contributed by atoms with Crippen LogP contribution in [0.4, 0.5) is 0 Å². The molecule has 0 aromatic rings. The molecule has 1 unspecified atom stereocenters. The van der Waals surface area contributed by atoms with E-state index in [4.69, 9.17) is 33.5 Å². The zero-order valence-corrected chi connectivity index (χ0v) is 16.5. The van der Waals surface area contributed by atoms with Crippen LogP contribution in [0.25, 0.3) is 0 Å². The van der Waals surface area contributed by atoms with Gasteiger partial charge in [-0.15, -0.1) is 0 Å². The fourth-order valence-electron chi connectivity index (χ4n) is 1.79. The molecule has 0 radical (unpaired) electrons. The van der Waals surface area contributed by atoms with Gasteiger partial charge in [-0.2, -0.15) is 0 Å². The smallest absolute Gasteiger partial charge is 0.104 e. The highest BCUT2D eigenvalue weighted by Crippen LogP contribution is 2.06. The Morgan fingerprint density at radius 1 is 0.720 bits per heavy atom. The second-order valence-corrected chi connectivity index (χ2v) is 6.55. The molecule has 0 saturated carbocycles. The standard InChI is InChI=1S/C18H38O7/c1-5-7-20-9-10-22-15-17(24-13-11-21-8-6-19)16-23-12-14-25-18(2,3)4/h17,19H,5-16H2,1-4H3. The molecule has 7 nitrogen and oxygen atoms in total. The maximum Gasteiger partial charge on any atom is 0.104 e. The molecule has 0 aliphatic heterocycles. The zero-order valence-electron chi connectivity index (χ0n) is 16.5. The largest absolute Gasteiger partial charge is 0.394 e. The number of hydrogen-bond donors (Lipinski definition) is 1. The van der Waals surface area contributed by atoms with E-state index >= 15 is 0 Å². The summed E-state index contributed by atoms with van der Waals surface area (Å²) in [5.41, 5.74) is -0.162. The minimum Gasteiger partial charge on any atom is -0.394 e. The van der Waals surface area contributed by atoms with Crippen LogP contribution in [0.1, 0.15) is 34.1 Å². The highest BCUT2D eigenvalue weighted by Gasteiger charge is 2.12. The van der Waals surface area contributed by atoms with Crippen molar-refractivity contribution in [3.63, 3.8) is 0 Å². The molecular weight excluding hydrogens is 328 g/mol. The number of ether oxygens (including phenoxy) is 6. The van der Waals surface area contributed by atoms with E-state index in [1.54, 1.807) is 0 Å². The van der Waals surface area contributed by atoms with Crippen LogP contribution >= 0.6 is 0 Å². The lowest BCUT2D eigenvalue weighted by Gasteiger charge is -2.21. The van der Waals surface area contributed by atoms with Crippen LogP contribution in [-0.2, 0) is 28.4 Å². The van der Waals surface area contributed by atoms with Gasteiger partial charge in [-0.05, 0) is 27.2 Å². The summed E-state index contributed by atoms with van der Waals surface area (Å²) < 4.78 is 33.1. The summed E-state index contributed by atoms with van der Waals surface area (Å²) in [6.45, 7) is 13.1. The summed E-state index contributed by atoms with van der Waals surface area (Å²) in [6, 6.07) is 0. The third-order valence-corrected chi connectivity index (χ3v) is 2.91. The van der Waals surface area contributed by atoms with Crippen LogP contribution in [0.5, 0.6) is 0 Å². The van der Waals surface area contributed by atoms with Gasteiger partial charge in [0.1, 0.15) is 6.10 Å². The van der Waals surface area contributed by atoms with E-state index in [9.17, 15) is 0 Å². The zero-order chi connectivity index (χ0) is 18.8. The Kier molecular flexibility index (Phi) is 17.0. The van der Waals surface area contributed by atoms with Gasteiger partial charge in [0.15, 0.2) is 0 Å². The molecule has 0 aromatic carbocycles. The van der Waals surface area contributed by atoms with Crippen LogP contribution in [0.15, 0.2) is 0 Å². The number of aliphatic hydroxyl groups is 1. The maximum atomic E-state index is 8.67. The van der Waals surface area contributed by atoms with Gasteiger partial charge in [0, 0.05) is 6.61 Å². The topological polar surface area (TPSA) is 75.6 Å². The van der Waals surface area contributed by atoms with Crippen LogP contribution in [0.3, 0.4) is 0 Å². The summed E-state index contributed by atoms with van der Waals surface area (Å²) in [5, 5.41) is 8.67. The summed E-state index contributed by atoms with van der Waals surface area (Å²) >= 11 is 0. The number of aliphatic hydroxyl groups excluding tert-OH is 1. The van der Waals surface area contributed by atoms with Crippen molar-refractivity contribution in [1.29, 1.82) is 0 Å². The first-order chi connectivity index (χ1) is 12.0. The number of rotatable bonds is 18. The minimum atomic E-state index is -0.168. The molecule has 1 N–H and O–H groups in total. The molecule has 1 atom stereocenters. The molecule has 0 amide bonds.